The fourth-order valence-corrected chi connectivity index (χ4v) is 6.62. The van der Waals surface area contributed by atoms with Gasteiger partial charge in [0.25, 0.3) is 16.5 Å². The molecule has 1 heterocycles. The van der Waals surface area contributed by atoms with E-state index < -0.39 is 20.7 Å². The second kappa shape index (κ2) is 14.4. The van der Waals surface area contributed by atoms with Crippen LogP contribution < -0.4 is 10.0 Å². The molecular formula is C29H33ClFN7O4S. The van der Waals surface area contributed by atoms with E-state index >= 15 is 4.39 Å². The number of allylic oxidation sites excluding steroid dienone is 1. The molecule has 1 aliphatic carbocycles. The molecule has 228 valence electrons. The number of aromatic nitrogens is 2. The molecule has 3 aromatic rings. The number of carbonyl (C=O) groups is 1. The van der Waals surface area contributed by atoms with Gasteiger partial charge in [0.1, 0.15) is 29.6 Å². The molecule has 1 aliphatic rings. The summed E-state index contributed by atoms with van der Waals surface area (Å²) in [5.41, 5.74) is 2.35. The number of hydrogen-bond acceptors (Lipinski definition) is 8. The molecule has 1 fully saturated rings. The molecule has 0 amide bonds. The van der Waals surface area contributed by atoms with Crippen molar-refractivity contribution in [1.29, 1.82) is 0 Å². The highest BCUT2D eigenvalue weighted by Gasteiger charge is 2.35. The van der Waals surface area contributed by atoms with Crippen LogP contribution in [0.4, 0.5) is 10.1 Å². The van der Waals surface area contributed by atoms with Crippen LogP contribution in [0.3, 0.4) is 0 Å². The quantitative estimate of drug-likeness (QED) is 0.121. The van der Waals surface area contributed by atoms with Crippen molar-refractivity contribution in [3.63, 3.8) is 0 Å². The largest absolute Gasteiger partial charge is 0.452 e. The van der Waals surface area contributed by atoms with Crippen LogP contribution in [-0.2, 0) is 19.6 Å². The molecule has 0 radical (unpaired) electrons. The van der Waals surface area contributed by atoms with Gasteiger partial charge in [0, 0.05) is 24.5 Å². The van der Waals surface area contributed by atoms with Crippen molar-refractivity contribution in [1.82, 2.24) is 19.4 Å². The summed E-state index contributed by atoms with van der Waals surface area (Å²) in [6.45, 7) is 5.27. The molecule has 1 saturated carbocycles. The molecule has 0 saturated heterocycles. The van der Waals surface area contributed by atoms with Gasteiger partial charge in [-0.25, -0.2) is 22.5 Å². The maximum Gasteiger partial charge on any atom is 0.294 e. The van der Waals surface area contributed by atoms with Crippen LogP contribution >= 0.6 is 11.6 Å². The summed E-state index contributed by atoms with van der Waals surface area (Å²) in [6, 6.07) is 11.8. The Morgan fingerprint density at radius 3 is 2.81 bits per heavy atom. The predicted octanol–water partition coefficient (Wildman–Crippen LogP) is 4.71. The van der Waals surface area contributed by atoms with Gasteiger partial charge < -0.3 is 10.1 Å². The lowest BCUT2D eigenvalue weighted by molar-refractivity contribution is -0.133. The van der Waals surface area contributed by atoms with Crippen molar-refractivity contribution in [2.75, 3.05) is 19.1 Å². The van der Waals surface area contributed by atoms with Crippen LogP contribution in [0.5, 0.6) is 0 Å². The molecule has 0 aliphatic heterocycles. The smallest absolute Gasteiger partial charge is 0.294 e. The zero-order chi connectivity index (χ0) is 31.0. The Bertz CT molecular complexity index is 1600. The van der Waals surface area contributed by atoms with Gasteiger partial charge >= 0.3 is 0 Å². The van der Waals surface area contributed by atoms with Crippen LogP contribution in [0.25, 0.3) is 5.69 Å². The molecule has 0 unspecified atom stereocenters. The van der Waals surface area contributed by atoms with Crippen molar-refractivity contribution in [3.05, 3.63) is 83.2 Å². The lowest BCUT2D eigenvalue weighted by Gasteiger charge is -2.41. The molecule has 43 heavy (non-hydrogen) atoms. The molecule has 0 bridgehead atoms. The van der Waals surface area contributed by atoms with Crippen LogP contribution in [0.15, 0.2) is 81.6 Å². The molecule has 4 rings (SSSR count). The predicted molar refractivity (Wildman–Crippen MR) is 165 cm³/mol. The number of anilines is 1. The highest BCUT2D eigenvalue weighted by atomic mass is 35.5. The number of nitrogens with zero attached hydrogens (tertiary/aromatic N) is 5. The van der Waals surface area contributed by atoms with Gasteiger partial charge in [-0.15, -0.1) is 0 Å². The van der Waals surface area contributed by atoms with Gasteiger partial charge in [0.05, 0.1) is 16.4 Å². The zero-order valence-corrected chi connectivity index (χ0v) is 25.3. The first-order chi connectivity index (χ1) is 20.7. The lowest BCUT2D eigenvalue weighted by atomic mass is 9.78. The molecule has 14 heteroatoms. The normalized spacial score (nSPS) is 19.4. The van der Waals surface area contributed by atoms with E-state index in [1.54, 1.807) is 17.8 Å². The highest BCUT2D eigenvalue weighted by molar-refractivity contribution is 7.89. The van der Waals surface area contributed by atoms with Gasteiger partial charge in [-0.1, -0.05) is 23.7 Å². The van der Waals surface area contributed by atoms with Gasteiger partial charge in [-0.3, -0.25) is 19.4 Å². The minimum absolute atomic E-state index is 0.0275. The minimum atomic E-state index is -4.34. The second-order valence-electron chi connectivity index (χ2n) is 9.99. The molecule has 1 aromatic heterocycles. The number of hydrogen-bond donors (Lipinski definition) is 2. The SMILES string of the molecule is C=NC=N/C(=C\C)NS(=O)(=O)c1cc(Cl)c(N[C@H]2CC[C@H](c3cccc(-n4cccn4)c3)C[C@@H]2N(C)COC=O)cc1F. The molecule has 11 nitrogen and oxygen atoms in total. The number of sulfonamides is 1. The van der Waals surface area contributed by atoms with Crippen molar-refractivity contribution in [3.8, 4) is 5.69 Å². The Balaban J connectivity index is 1.56. The van der Waals surface area contributed by atoms with E-state index in [0.717, 1.165) is 36.1 Å². The third-order valence-corrected chi connectivity index (χ3v) is 8.96. The minimum Gasteiger partial charge on any atom is -0.452 e. The number of benzene rings is 2. The van der Waals surface area contributed by atoms with E-state index in [4.69, 9.17) is 16.3 Å². The molecule has 2 N–H and O–H groups in total. The van der Waals surface area contributed by atoms with Crippen molar-refractivity contribution in [2.24, 2.45) is 9.98 Å². The van der Waals surface area contributed by atoms with E-state index in [9.17, 15) is 13.2 Å². The van der Waals surface area contributed by atoms with Crippen LogP contribution in [0.2, 0.25) is 5.02 Å². The summed E-state index contributed by atoms with van der Waals surface area (Å²) in [4.78, 5) is 19.5. The van der Waals surface area contributed by atoms with Gasteiger partial charge in [-0.2, -0.15) is 5.10 Å². The number of aliphatic imine (C=N–C) groups is 2. The summed E-state index contributed by atoms with van der Waals surface area (Å²) in [5.74, 6) is -0.845. The summed E-state index contributed by atoms with van der Waals surface area (Å²) >= 11 is 6.50. The van der Waals surface area contributed by atoms with Crippen LogP contribution in [-0.4, -0.2) is 68.5 Å². The summed E-state index contributed by atoms with van der Waals surface area (Å²) in [7, 11) is -2.50. The number of carbonyl (C=O) groups excluding carboxylic acids is 1. The van der Waals surface area contributed by atoms with E-state index in [1.807, 2.05) is 36.3 Å². The second-order valence-corrected chi connectivity index (χ2v) is 12.0. The first-order valence-corrected chi connectivity index (χ1v) is 15.3. The van der Waals surface area contributed by atoms with Gasteiger partial charge in [0.2, 0.25) is 0 Å². The van der Waals surface area contributed by atoms with E-state index in [-0.39, 0.29) is 41.3 Å². The summed E-state index contributed by atoms with van der Waals surface area (Å²) in [5, 5.41) is 7.67. The number of halogens is 2. The Morgan fingerprint density at radius 1 is 1.30 bits per heavy atom. The monoisotopic (exact) mass is 629 g/mol. The molecular weight excluding hydrogens is 597 g/mol. The Labute approximate surface area is 255 Å². The third-order valence-electron chi connectivity index (χ3n) is 7.28. The average molecular weight is 630 g/mol. The van der Waals surface area contributed by atoms with Gasteiger partial charge in [0.15, 0.2) is 0 Å². The maximum absolute atomic E-state index is 15.3. The highest BCUT2D eigenvalue weighted by Crippen LogP contribution is 2.38. The Hall–Kier alpha value is -4.07. The fraction of sp³-hybridized carbons (Fsp3) is 0.310. The zero-order valence-electron chi connectivity index (χ0n) is 23.7. The Kier molecular flexibility index (Phi) is 10.7. The van der Waals surface area contributed by atoms with Crippen molar-refractivity contribution < 1.29 is 22.3 Å². The van der Waals surface area contributed by atoms with Crippen molar-refractivity contribution >= 4 is 46.8 Å². The van der Waals surface area contributed by atoms with Gasteiger partial charge in [-0.05, 0) is 87.8 Å². The number of likely N-dealkylation sites (N-methyl/N-ethyl adjacent to an activating group) is 1. The maximum atomic E-state index is 15.3. The van der Waals surface area contributed by atoms with E-state index in [0.29, 0.717) is 19.3 Å². The van der Waals surface area contributed by atoms with Crippen LogP contribution in [0.1, 0.15) is 37.7 Å². The first kappa shape index (κ1) is 31.9. The number of nitrogens with one attached hydrogen (secondary N) is 2. The summed E-state index contributed by atoms with van der Waals surface area (Å²) < 4.78 is 50.1. The van der Waals surface area contributed by atoms with E-state index in [1.165, 1.54) is 6.08 Å². The molecule has 2 aromatic carbocycles. The molecule has 3 atom stereocenters. The van der Waals surface area contributed by atoms with Crippen molar-refractivity contribution in [2.45, 2.75) is 49.1 Å². The lowest BCUT2D eigenvalue weighted by Crippen LogP contribution is -2.49. The fourth-order valence-electron chi connectivity index (χ4n) is 5.19. The third kappa shape index (κ3) is 7.86. The number of ether oxygens (including phenoxy) is 1. The average Bonchev–Trinajstić information content (AvgIpc) is 3.55. The first-order valence-electron chi connectivity index (χ1n) is 13.4. The number of rotatable bonds is 13. The topological polar surface area (TPSA) is 130 Å². The summed E-state index contributed by atoms with van der Waals surface area (Å²) in [6.07, 6.45) is 8.28. The van der Waals surface area contributed by atoms with E-state index in [2.05, 4.69) is 44.0 Å². The Morgan fingerprint density at radius 2 is 2.12 bits per heavy atom. The molecule has 0 spiro atoms. The standard InChI is InChI=1S/C29H33ClFN7O4S/c1-4-29(33-17-32-2)36-43(40,41)28-15-23(30)26(16-24(28)31)35-25-10-9-21(14-27(25)37(3)18-42-19-39)20-7-5-8-22(13-20)38-12-6-11-34-38/h4-8,11-13,15-17,19,21,25,27,35-36H,2,9-10,14,18H2,1,3H3/b29-4+,33-17?/t21-,25-,27-/m0/s1. The van der Waals surface area contributed by atoms with Crippen LogP contribution in [0, 0.1) is 5.82 Å².